The number of sulfonamides is 1. The summed E-state index contributed by atoms with van der Waals surface area (Å²) in [7, 11) is -0.943. The van der Waals surface area contributed by atoms with Gasteiger partial charge in [0.2, 0.25) is 15.9 Å². The molecule has 1 aromatic heterocycles. The Hall–Kier alpha value is -2.52. The molecule has 3 rings (SSSR count). The maximum absolute atomic E-state index is 13.2. The average Bonchev–Trinajstić information content (AvgIpc) is 3.25. The van der Waals surface area contributed by atoms with Gasteiger partial charge in [0.25, 0.3) is 0 Å². The van der Waals surface area contributed by atoms with Crippen molar-refractivity contribution in [2.45, 2.75) is 24.3 Å². The summed E-state index contributed by atoms with van der Waals surface area (Å²) >= 11 is 0. The number of hydrogen-bond acceptors (Lipinski definition) is 6. The van der Waals surface area contributed by atoms with Gasteiger partial charge >= 0.3 is 0 Å². The first kappa shape index (κ1) is 20.2. The van der Waals surface area contributed by atoms with Crippen LogP contribution < -0.4 is 14.8 Å². The summed E-state index contributed by atoms with van der Waals surface area (Å²) in [5, 5.41) is 2.81. The number of carbonyl (C=O) groups is 1. The number of hydrogen-bond donors (Lipinski definition) is 1. The molecule has 1 aromatic carbocycles. The first-order valence-corrected chi connectivity index (χ1v) is 10.4. The molecule has 1 fully saturated rings. The van der Waals surface area contributed by atoms with Crippen LogP contribution in [-0.2, 0) is 21.4 Å². The van der Waals surface area contributed by atoms with Crippen LogP contribution in [0.4, 0.5) is 0 Å². The van der Waals surface area contributed by atoms with Crippen LogP contribution in [0, 0.1) is 5.92 Å². The average molecular weight is 408 g/mol. The van der Waals surface area contributed by atoms with E-state index < -0.39 is 15.9 Å². The highest BCUT2D eigenvalue weighted by molar-refractivity contribution is 7.89. The third-order valence-electron chi connectivity index (χ3n) is 4.76. The van der Waals surface area contributed by atoms with E-state index in [9.17, 15) is 13.2 Å². The van der Waals surface area contributed by atoms with Crippen LogP contribution in [0.15, 0.2) is 45.9 Å². The molecule has 1 aliphatic heterocycles. The van der Waals surface area contributed by atoms with Crippen molar-refractivity contribution in [2.75, 3.05) is 27.3 Å². The molecule has 28 heavy (non-hydrogen) atoms. The molecule has 0 spiro atoms. The Morgan fingerprint density at radius 1 is 1.29 bits per heavy atom. The lowest BCUT2D eigenvalue weighted by Gasteiger charge is -2.31. The van der Waals surface area contributed by atoms with Crippen LogP contribution in [0.25, 0.3) is 0 Å². The second-order valence-electron chi connectivity index (χ2n) is 6.52. The Bertz CT molecular complexity index is 911. The summed E-state index contributed by atoms with van der Waals surface area (Å²) in [4.78, 5) is 12.5. The molecule has 2 heterocycles. The zero-order valence-electron chi connectivity index (χ0n) is 15.9. The highest BCUT2D eigenvalue weighted by Gasteiger charge is 2.35. The normalized spacial score (nSPS) is 17.9. The van der Waals surface area contributed by atoms with E-state index in [0.717, 1.165) is 0 Å². The van der Waals surface area contributed by atoms with Gasteiger partial charge in [-0.25, -0.2) is 8.42 Å². The third kappa shape index (κ3) is 4.31. The third-order valence-corrected chi connectivity index (χ3v) is 6.65. The van der Waals surface area contributed by atoms with Gasteiger partial charge in [-0.1, -0.05) is 0 Å². The predicted octanol–water partition coefficient (Wildman–Crippen LogP) is 2.01. The zero-order valence-corrected chi connectivity index (χ0v) is 16.7. The maximum atomic E-state index is 13.2. The van der Waals surface area contributed by atoms with Crippen molar-refractivity contribution in [3.05, 3.63) is 42.4 Å². The van der Waals surface area contributed by atoms with E-state index >= 15 is 0 Å². The fourth-order valence-electron chi connectivity index (χ4n) is 3.23. The van der Waals surface area contributed by atoms with Crippen molar-refractivity contribution < 1.29 is 27.1 Å². The Morgan fingerprint density at radius 3 is 2.79 bits per heavy atom. The molecule has 0 aliphatic carbocycles. The predicted molar refractivity (Wildman–Crippen MR) is 102 cm³/mol. The van der Waals surface area contributed by atoms with Crippen molar-refractivity contribution >= 4 is 15.9 Å². The molecule has 1 N–H and O–H groups in total. The quantitative estimate of drug-likeness (QED) is 0.753. The zero-order chi connectivity index (χ0) is 20.1. The van der Waals surface area contributed by atoms with Crippen LogP contribution in [0.5, 0.6) is 11.5 Å². The Kier molecular flexibility index (Phi) is 6.25. The lowest BCUT2D eigenvalue weighted by atomic mass is 9.99. The van der Waals surface area contributed by atoms with Gasteiger partial charge in [-0.3, -0.25) is 4.79 Å². The van der Waals surface area contributed by atoms with Crippen molar-refractivity contribution in [1.29, 1.82) is 0 Å². The minimum atomic E-state index is -3.83. The summed E-state index contributed by atoms with van der Waals surface area (Å²) in [5.41, 5.74) is 0. The van der Waals surface area contributed by atoms with Gasteiger partial charge in [0.1, 0.15) is 22.2 Å². The van der Waals surface area contributed by atoms with Crippen LogP contribution in [0.2, 0.25) is 0 Å². The van der Waals surface area contributed by atoms with Gasteiger partial charge in [0, 0.05) is 19.2 Å². The fourth-order valence-corrected chi connectivity index (χ4v) is 4.93. The number of rotatable bonds is 7. The number of amides is 1. The molecular weight excluding hydrogens is 384 g/mol. The Labute approximate surface area is 164 Å². The summed E-state index contributed by atoms with van der Waals surface area (Å²) in [5.74, 6) is 0.702. The smallest absolute Gasteiger partial charge is 0.246 e. The van der Waals surface area contributed by atoms with Crippen molar-refractivity contribution in [3.8, 4) is 11.5 Å². The minimum Gasteiger partial charge on any atom is -0.497 e. The molecule has 8 nitrogen and oxygen atoms in total. The van der Waals surface area contributed by atoms with E-state index in [-0.39, 0.29) is 29.6 Å². The first-order chi connectivity index (χ1) is 13.5. The van der Waals surface area contributed by atoms with Crippen molar-refractivity contribution in [1.82, 2.24) is 9.62 Å². The molecule has 152 valence electrons. The van der Waals surface area contributed by atoms with Gasteiger partial charge < -0.3 is 19.2 Å². The Balaban J connectivity index is 1.74. The van der Waals surface area contributed by atoms with Crippen LogP contribution in [-0.4, -0.2) is 45.9 Å². The molecule has 0 unspecified atom stereocenters. The topological polar surface area (TPSA) is 98.1 Å². The number of nitrogens with zero attached hydrogens (tertiary/aromatic N) is 1. The number of methoxy groups -OCH3 is 2. The molecule has 0 bridgehead atoms. The highest BCUT2D eigenvalue weighted by Crippen LogP contribution is 2.32. The van der Waals surface area contributed by atoms with Crippen LogP contribution in [0.1, 0.15) is 18.6 Å². The van der Waals surface area contributed by atoms with E-state index in [1.54, 1.807) is 24.3 Å². The highest BCUT2D eigenvalue weighted by atomic mass is 32.2. The SMILES string of the molecule is COc1ccc(OC)c(S(=O)(=O)N2CCC[C@H](C(=O)NCc3ccco3)C2)c1. The largest absolute Gasteiger partial charge is 0.497 e. The Morgan fingerprint density at radius 2 is 2.11 bits per heavy atom. The standard InChI is InChI=1S/C19H24N2O6S/c1-25-15-7-8-17(26-2)18(11-15)28(23,24)21-9-3-5-14(13-21)19(22)20-12-16-6-4-10-27-16/h4,6-8,10-11,14H,3,5,9,12-13H2,1-2H3,(H,20,22)/t14-/m0/s1. The van der Waals surface area contributed by atoms with Gasteiger partial charge in [-0.15, -0.1) is 0 Å². The van der Waals surface area contributed by atoms with Crippen molar-refractivity contribution in [3.63, 3.8) is 0 Å². The summed E-state index contributed by atoms with van der Waals surface area (Å²) in [6.07, 6.45) is 2.77. The van der Waals surface area contributed by atoms with Crippen LogP contribution >= 0.6 is 0 Å². The number of furan rings is 1. The fraction of sp³-hybridized carbons (Fsp3) is 0.421. The van der Waals surface area contributed by atoms with E-state index in [1.165, 1.54) is 30.9 Å². The maximum Gasteiger partial charge on any atom is 0.246 e. The van der Waals surface area contributed by atoms with E-state index in [4.69, 9.17) is 13.9 Å². The minimum absolute atomic E-state index is 0.0333. The monoisotopic (exact) mass is 408 g/mol. The van der Waals surface area contributed by atoms with E-state index in [2.05, 4.69) is 5.32 Å². The van der Waals surface area contributed by atoms with E-state index in [1.807, 2.05) is 0 Å². The number of piperidine rings is 1. The van der Waals surface area contributed by atoms with Crippen LogP contribution in [0.3, 0.4) is 0 Å². The second-order valence-corrected chi connectivity index (χ2v) is 8.42. The van der Waals surface area contributed by atoms with Gasteiger partial charge in [0.15, 0.2) is 0 Å². The summed E-state index contributed by atoms with van der Waals surface area (Å²) in [6, 6.07) is 8.15. The number of nitrogens with one attached hydrogen (secondary N) is 1. The number of ether oxygens (including phenoxy) is 2. The molecular formula is C19H24N2O6S. The van der Waals surface area contributed by atoms with Gasteiger partial charge in [-0.05, 0) is 37.1 Å². The number of benzene rings is 1. The van der Waals surface area contributed by atoms with E-state index in [0.29, 0.717) is 30.9 Å². The molecule has 1 atom stereocenters. The molecule has 2 aromatic rings. The summed E-state index contributed by atoms with van der Waals surface area (Å²) < 4.78 is 43.3. The lowest BCUT2D eigenvalue weighted by Crippen LogP contribution is -2.45. The summed E-state index contributed by atoms with van der Waals surface area (Å²) in [6.45, 7) is 0.746. The molecule has 1 amide bonds. The molecule has 1 aliphatic rings. The molecule has 1 saturated heterocycles. The van der Waals surface area contributed by atoms with Crippen molar-refractivity contribution in [2.24, 2.45) is 5.92 Å². The molecule has 0 saturated carbocycles. The number of carbonyl (C=O) groups excluding carboxylic acids is 1. The second kappa shape index (κ2) is 8.66. The lowest BCUT2D eigenvalue weighted by molar-refractivity contribution is -0.126. The molecule has 9 heteroatoms. The molecule has 0 radical (unpaired) electrons. The van der Waals surface area contributed by atoms with Gasteiger partial charge in [0.05, 0.1) is 32.9 Å². The van der Waals surface area contributed by atoms with Gasteiger partial charge in [-0.2, -0.15) is 4.31 Å². The first-order valence-electron chi connectivity index (χ1n) is 8.98.